The average molecular weight is 184 g/mol. The van der Waals surface area contributed by atoms with E-state index in [-0.39, 0.29) is 0 Å². The first kappa shape index (κ1) is 9.44. The van der Waals surface area contributed by atoms with Crippen molar-refractivity contribution in [3.63, 3.8) is 0 Å². The maximum Gasteiger partial charge on any atom is 0.0608 e. The normalized spacial score (nSPS) is 38.3. The van der Waals surface area contributed by atoms with Crippen LogP contribution in [0.3, 0.4) is 0 Å². The van der Waals surface area contributed by atoms with E-state index in [1.54, 1.807) is 0 Å². The molecule has 0 amide bonds. The Labute approximate surface area is 80.6 Å². The highest BCUT2D eigenvalue weighted by atomic mass is 16.5. The Morgan fingerprint density at radius 1 is 1.00 bits per heavy atom. The number of morpholine rings is 1. The van der Waals surface area contributed by atoms with Gasteiger partial charge in [-0.25, -0.2) is 10.0 Å². The second-order valence-electron chi connectivity index (χ2n) is 4.22. The van der Waals surface area contributed by atoms with E-state index in [0.717, 1.165) is 38.4 Å². The first-order chi connectivity index (χ1) is 6.29. The van der Waals surface area contributed by atoms with Crippen molar-refractivity contribution in [2.75, 3.05) is 26.3 Å². The Bertz CT molecular complexity index is 158. The molecule has 0 saturated carbocycles. The largest absolute Gasteiger partial charge is 0.379 e. The van der Waals surface area contributed by atoms with Crippen LogP contribution >= 0.6 is 0 Å². The van der Waals surface area contributed by atoms with Crippen LogP contribution in [0, 0.1) is 0 Å². The maximum atomic E-state index is 5.36. The molecule has 2 atom stereocenters. The maximum absolute atomic E-state index is 5.36. The molecule has 76 valence electrons. The predicted octanol–water partition coefficient (Wildman–Crippen LogP) is 1.11. The molecule has 13 heavy (non-hydrogen) atoms. The van der Waals surface area contributed by atoms with Gasteiger partial charge in [-0.05, 0) is 26.7 Å². The fraction of sp³-hybridized carbons (Fsp3) is 1.00. The van der Waals surface area contributed by atoms with Crippen molar-refractivity contribution in [3.05, 3.63) is 0 Å². The quantitative estimate of drug-likeness (QED) is 0.607. The van der Waals surface area contributed by atoms with Gasteiger partial charge in [-0.1, -0.05) is 0 Å². The van der Waals surface area contributed by atoms with Crippen molar-refractivity contribution < 1.29 is 4.74 Å². The molecule has 2 fully saturated rings. The fourth-order valence-corrected chi connectivity index (χ4v) is 2.52. The van der Waals surface area contributed by atoms with Crippen LogP contribution < -0.4 is 0 Å². The Morgan fingerprint density at radius 3 is 2.08 bits per heavy atom. The van der Waals surface area contributed by atoms with E-state index in [4.69, 9.17) is 4.74 Å². The number of hydrazine groups is 1. The Morgan fingerprint density at radius 2 is 1.54 bits per heavy atom. The third-order valence-corrected chi connectivity index (χ3v) is 3.22. The van der Waals surface area contributed by atoms with Gasteiger partial charge in [-0.15, -0.1) is 0 Å². The summed E-state index contributed by atoms with van der Waals surface area (Å²) < 4.78 is 5.36. The van der Waals surface area contributed by atoms with E-state index in [2.05, 4.69) is 23.9 Å². The van der Waals surface area contributed by atoms with Crippen molar-refractivity contribution >= 4 is 0 Å². The predicted molar refractivity (Wildman–Crippen MR) is 52.4 cm³/mol. The summed E-state index contributed by atoms with van der Waals surface area (Å²) in [6.45, 7) is 8.62. The van der Waals surface area contributed by atoms with Gasteiger partial charge in [0.1, 0.15) is 0 Å². The van der Waals surface area contributed by atoms with Gasteiger partial charge in [0.05, 0.1) is 13.2 Å². The highest BCUT2D eigenvalue weighted by Crippen LogP contribution is 2.25. The molecule has 0 radical (unpaired) electrons. The molecule has 2 saturated heterocycles. The summed E-state index contributed by atoms with van der Waals surface area (Å²) >= 11 is 0. The summed E-state index contributed by atoms with van der Waals surface area (Å²) in [5, 5.41) is 5.04. The molecule has 0 aromatic rings. The van der Waals surface area contributed by atoms with E-state index < -0.39 is 0 Å². The topological polar surface area (TPSA) is 15.7 Å². The number of nitrogens with zero attached hydrogens (tertiary/aromatic N) is 2. The van der Waals surface area contributed by atoms with E-state index >= 15 is 0 Å². The first-order valence-corrected chi connectivity index (χ1v) is 5.40. The van der Waals surface area contributed by atoms with Gasteiger partial charge < -0.3 is 4.74 Å². The van der Waals surface area contributed by atoms with Gasteiger partial charge >= 0.3 is 0 Å². The standard InChI is InChI=1S/C10H20N2O/c1-9-3-4-10(2)12(9)11-5-7-13-8-6-11/h9-10H,3-8H2,1-2H3/t9-,10-/m1/s1. The molecule has 0 aromatic heterocycles. The zero-order chi connectivity index (χ0) is 9.26. The van der Waals surface area contributed by atoms with Gasteiger partial charge in [0, 0.05) is 25.2 Å². The molecule has 2 rings (SSSR count). The summed E-state index contributed by atoms with van der Waals surface area (Å²) in [6.07, 6.45) is 2.69. The van der Waals surface area contributed by atoms with Crippen molar-refractivity contribution in [2.45, 2.75) is 38.8 Å². The average Bonchev–Trinajstić information content (AvgIpc) is 2.48. The monoisotopic (exact) mass is 184 g/mol. The highest BCUT2D eigenvalue weighted by Gasteiger charge is 2.32. The van der Waals surface area contributed by atoms with E-state index in [9.17, 15) is 0 Å². The highest BCUT2D eigenvalue weighted by molar-refractivity contribution is 4.81. The molecular weight excluding hydrogens is 164 g/mol. The zero-order valence-corrected chi connectivity index (χ0v) is 8.70. The molecule has 3 heteroatoms. The fourth-order valence-electron chi connectivity index (χ4n) is 2.52. The third kappa shape index (κ3) is 1.87. The molecule has 0 bridgehead atoms. The lowest BCUT2D eigenvalue weighted by atomic mass is 10.2. The van der Waals surface area contributed by atoms with Gasteiger partial charge in [-0.3, -0.25) is 0 Å². The van der Waals surface area contributed by atoms with Gasteiger partial charge in [0.15, 0.2) is 0 Å². The minimum absolute atomic E-state index is 0.730. The van der Waals surface area contributed by atoms with Crippen LogP contribution in [0.25, 0.3) is 0 Å². The zero-order valence-electron chi connectivity index (χ0n) is 8.70. The molecule has 0 aliphatic carbocycles. The summed E-state index contributed by atoms with van der Waals surface area (Å²) in [5.74, 6) is 0. The van der Waals surface area contributed by atoms with E-state index in [0.29, 0.717) is 0 Å². The lowest BCUT2D eigenvalue weighted by Gasteiger charge is -2.40. The molecule has 0 N–H and O–H groups in total. The molecule has 2 aliphatic rings. The van der Waals surface area contributed by atoms with Crippen LogP contribution in [-0.4, -0.2) is 48.4 Å². The molecule has 3 nitrogen and oxygen atoms in total. The smallest absolute Gasteiger partial charge is 0.0608 e. The van der Waals surface area contributed by atoms with Crippen LogP contribution in [-0.2, 0) is 4.74 Å². The summed E-state index contributed by atoms with van der Waals surface area (Å²) in [7, 11) is 0. The summed E-state index contributed by atoms with van der Waals surface area (Å²) in [6, 6.07) is 1.46. The second-order valence-corrected chi connectivity index (χ2v) is 4.22. The minimum Gasteiger partial charge on any atom is -0.379 e. The Hall–Kier alpha value is -0.120. The van der Waals surface area contributed by atoms with Crippen molar-refractivity contribution in [1.29, 1.82) is 0 Å². The number of hydrogen-bond donors (Lipinski definition) is 0. The van der Waals surface area contributed by atoms with Crippen LogP contribution in [0.1, 0.15) is 26.7 Å². The lowest BCUT2D eigenvalue weighted by molar-refractivity contribution is -0.111. The Kier molecular flexibility index (Phi) is 2.86. The van der Waals surface area contributed by atoms with E-state index in [1.165, 1.54) is 12.8 Å². The van der Waals surface area contributed by atoms with Gasteiger partial charge in [0.2, 0.25) is 0 Å². The number of hydrogen-bond acceptors (Lipinski definition) is 3. The number of ether oxygens (including phenoxy) is 1. The summed E-state index contributed by atoms with van der Waals surface area (Å²) in [5.41, 5.74) is 0. The third-order valence-electron chi connectivity index (χ3n) is 3.22. The second kappa shape index (κ2) is 3.95. The molecule has 0 aromatic carbocycles. The van der Waals surface area contributed by atoms with E-state index in [1.807, 2.05) is 0 Å². The lowest BCUT2D eigenvalue weighted by Crippen LogP contribution is -2.52. The number of rotatable bonds is 1. The molecule has 0 unspecified atom stereocenters. The molecule has 2 aliphatic heterocycles. The molecular formula is C10H20N2O. The molecule has 2 heterocycles. The van der Waals surface area contributed by atoms with Crippen molar-refractivity contribution in [3.8, 4) is 0 Å². The first-order valence-electron chi connectivity index (χ1n) is 5.40. The van der Waals surface area contributed by atoms with Gasteiger partial charge in [-0.2, -0.15) is 0 Å². The van der Waals surface area contributed by atoms with Crippen molar-refractivity contribution in [2.24, 2.45) is 0 Å². The van der Waals surface area contributed by atoms with Crippen LogP contribution in [0.15, 0.2) is 0 Å². The van der Waals surface area contributed by atoms with Crippen molar-refractivity contribution in [1.82, 2.24) is 10.0 Å². The van der Waals surface area contributed by atoms with Crippen LogP contribution in [0.2, 0.25) is 0 Å². The Balaban J connectivity index is 1.96. The SMILES string of the molecule is C[C@@H]1CC[C@@H](C)N1N1CCOCC1. The van der Waals surface area contributed by atoms with Gasteiger partial charge in [0.25, 0.3) is 0 Å². The minimum atomic E-state index is 0.730. The van der Waals surface area contributed by atoms with Crippen LogP contribution in [0.4, 0.5) is 0 Å². The van der Waals surface area contributed by atoms with Crippen LogP contribution in [0.5, 0.6) is 0 Å². The summed E-state index contributed by atoms with van der Waals surface area (Å²) in [4.78, 5) is 0. The molecule has 0 spiro atoms.